The molecule has 2 N–H and O–H groups in total. The maximum atomic E-state index is 6.08. The molecule has 120 valence electrons. The van der Waals surface area contributed by atoms with Crippen LogP contribution in [0.5, 0.6) is 0 Å². The van der Waals surface area contributed by atoms with E-state index in [0.717, 1.165) is 24.3 Å². The zero-order valence-corrected chi connectivity index (χ0v) is 14.3. The van der Waals surface area contributed by atoms with Gasteiger partial charge in [-0.1, -0.05) is 55.4 Å². The summed E-state index contributed by atoms with van der Waals surface area (Å²) < 4.78 is 7.14. The summed E-state index contributed by atoms with van der Waals surface area (Å²) in [6, 6.07) is 8.09. The number of ether oxygens (including phenoxy) is 1. The first-order valence-electron chi connectivity index (χ1n) is 7.56. The van der Waals surface area contributed by atoms with Gasteiger partial charge in [-0.3, -0.25) is 0 Å². The van der Waals surface area contributed by atoms with Gasteiger partial charge >= 0.3 is 0 Å². The van der Waals surface area contributed by atoms with Crippen molar-refractivity contribution < 1.29 is 4.74 Å². The molecule has 0 bridgehead atoms. The summed E-state index contributed by atoms with van der Waals surface area (Å²) in [7, 11) is 0. The number of benzene rings is 1. The van der Waals surface area contributed by atoms with E-state index in [1.54, 1.807) is 16.4 Å². The summed E-state index contributed by atoms with van der Waals surface area (Å²) >= 11 is 1.56. The highest BCUT2D eigenvalue weighted by molar-refractivity contribution is 7.99. The SMILES string of the molecule is Cc1ccc(-c2nnc(SCCOCCC(C)C)n2N)cc1. The van der Waals surface area contributed by atoms with Crippen LogP contribution in [-0.4, -0.2) is 33.8 Å². The lowest BCUT2D eigenvalue weighted by molar-refractivity contribution is 0.138. The van der Waals surface area contributed by atoms with Crippen LogP contribution >= 0.6 is 11.8 Å². The summed E-state index contributed by atoms with van der Waals surface area (Å²) in [5.41, 5.74) is 2.18. The standard InChI is InChI=1S/C16H24N4OS/c1-12(2)8-9-21-10-11-22-16-19-18-15(20(16)17)14-6-4-13(3)5-7-14/h4-7,12H,8-11,17H2,1-3H3. The molecule has 1 aromatic carbocycles. The fourth-order valence-electron chi connectivity index (χ4n) is 1.89. The van der Waals surface area contributed by atoms with E-state index < -0.39 is 0 Å². The summed E-state index contributed by atoms with van der Waals surface area (Å²) in [5.74, 6) is 8.27. The maximum Gasteiger partial charge on any atom is 0.210 e. The molecule has 1 aromatic heterocycles. The smallest absolute Gasteiger partial charge is 0.210 e. The van der Waals surface area contributed by atoms with Crippen LogP contribution in [0.2, 0.25) is 0 Å². The van der Waals surface area contributed by atoms with Crippen molar-refractivity contribution in [2.24, 2.45) is 5.92 Å². The van der Waals surface area contributed by atoms with E-state index in [4.69, 9.17) is 10.6 Å². The van der Waals surface area contributed by atoms with Gasteiger partial charge in [0.1, 0.15) is 0 Å². The Morgan fingerprint density at radius 1 is 1.18 bits per heavy atom. The fourth-order valence-corrected chi connectivity index (χ4v) is 2.60. The fraction of sp³-hybridized carbons (Fsp3) is 0.500. The molecule has 0 saturated heterocycles. The van der Waals surface area contributed by atoms with Crippen LogP contribution in [0.15, 0.2) is 29.4 Å². The molecule has 0 saturated carbocycles. The molecule has 0 aliphatic rings. The number of nitrogens with two attached hydrogens (primary N) is 1. The van der Waals surface area contributed by atoms with Crippen LogP contribution in [0.25, 0.3) is 11.4 Å². The van der Waals surface area contributed by atoms with Crippen molar-refractivity contribution in [2.75, 3.05) is 24.8 Å². The molecule has 2 rings (SSSR count). The average molecular weight is 320 g/mol. The minimum atomic E-state index is 0.678. The molecular formula is C16H24N4OS. The van der Waals surface area contributed by atoms with E-state index in [1.807, 2.05) is 24.3 Å². The molecule has 0 radical (unpaired) electrons. The molecule has 0 amide bonds. The number of hydrogen-bond acceptors (Lipinski definition) is 5. The number of hydrogen-bond donors (Lipinski definition) is 1. The summed E-state index contributed by atoms with van der Waals surface area (Å²) in [4.78, 5) is 0. The molecule has 22 heavy (non-hydrogen) atoms. The zero-order chi connectivity index (χ0) is 15.9. The van der Waals surface area contributed by atoms with Gasteiger partial charge in [0.05, 0.1) is 6.61 Å². The van der Waals surface area contributed by atoms with E-state index in [9.17, 15) is 0 Å². The second-order valence-electron chi connectivity index (χ2n) is 5.69. The zero-order valence-electron chi connectivity index (χ0n) is 13.5. The van der Waals surface area contributed by atoms with E-state index >= 15 is 0 Å². The molecule has 0 unspecified atom stereocenters. The highest BCUT2D eigenvalue weighted by Gasteiger charge is 2.11. The van der Waals surface area contributed by atoms with Gasteiger partial charge < -0.3 is 10.6 Å². The Balaban J connectivity index is 1.85. The number of aromatic nitrogens is 3. The topological polar surface area (TPSA) is 66.0 Å². The molecule has 0 aliphatic heterocycles. The van der Waals surface area contributed by atoms with Crippen molar-refractivity contribution >= 4 is 11.8 Å². The second kappa shape index (κ2) is 8.19. The van der Waals surface area contributed by atoms with Gasteiger partial charge in [0.25, 0.3) is 0 Å². The Hall–Kier alpha value is -1.53. The van der Waals surface area contributed by atoms with Crippen molar-refractivity contribution in [3.8, 4) is 11.4 Å². The summed E-state index contributed by atoms with van der Waals surface area (Å²) in [5, 5.41) is 9.05. The predicted molar refractivity (Wildman–Crippen MR) is 91.3 cm³/mol. The van der Waals surface area contributed by atoms with Crippen LogP contribution in [0.4, 0.5) is 0 Å². The lowest BCUT2D eigenvalue weighted by Crippen LogP contribution is -2.12. The number of rotatable bonds is 8. The summed E-state index contributed by atoms with van der Waals surface area (Å²) in [6.45, 7) is 7.95. The predicted octanol–water partition coefficient (Wildman–Crippen LogP) is 3.12. The van der Waals surface area contributed by atoms with Gasteiger partial charge in [0.15, 0.2) is 5.82 Å². The molecule has 1 heterocycles. The molecule has 2 aromatic rings. The van der Waals surface area contributed by atoms with Crippen molar-refractivity contribution in [1.82, 2.24) is 14.9 Å². The average Bonchev–Trinajstić information content (AvgIpc) is 2.85. The van der Waals surface area contributed by atoms with Crippen molar-refractivity contribution in [3.05, 3.63) is 29.8 Å². The second-order valence-corrected chi connectivity index (χ2v) is 6.75. The maximum absolute atomic E-state index is 6.08. The van der Waals surface area contributed by atoms with E-state index in [-0.39, 0.29) is 0 Å². The minimum Gasteiger partial charge on any atom is -0.381 e. The van der Waals surface area contributed by atoms with Crippen molar-refractivity contribution in [3.63, 3.8) is 0 Å². The van der Waals surface area contributed by atoms with E-state index in [1.165, 1.54) is 5.56 Å². The Bertz CT molecular complexity index is 580. The molecule has 5 nitrogen and oxygen atoms in total. The van der Waals surface area contributed by atoms with Crippen LogP contribution in [-0.2, 0) is 4.74 Å². The Morgan fingerprint density at radius 2 is 1.91 bits per heavy atom. The first-order chi connectivity index (χ1) is 10.6. The summed E-state index contributed by atoms with van der Waals surface area (Å²) in [6.07, 6.45) is 1.09. The largest absolute Gasteiger partial charge is 0.381 e. The first kappa shape index (κ1) is 16.8. The molecule has 6 heteroatoms. The first-order valence-corrected chi connectivity index (χ1v) is 8.54. The lowest BCUT2D eigenvalue weighted by Gasteiger charge is -2.06. The normalized spacial score (nSPS) is 11.3. The Kier molecular flexibility index (Phi) is 6.27. The minimum absolute atomic E-state index is 0.678. The quantitative estimate of drug-likeness (QED) is 0.460. The third-order valence-corrected chi connectivity index (χ3v) is 4.18. The number of aryl methyl sites for hydroxylation is 1. The molecule has 0 spiro atoms. The van der Waals surface area contributed by atoms with Crippen LogP contribution in [0.1, 0.15) is 25.8 Å². The van der Waals surface area contributed by atoms with Gasteiger partial charge in [-0.2, -0.15) is 0 Å². The van der Waals surface area contributed by atoms with Gasteiger partial charge in [0.2, 0.25) is 5.16 Å². The van der Waals surface area contributed by atoms with Crippen LogP contribution < -0.4 is 5.84 Å². The van der Waals surface area contributed by atoms with Gasteiger partial charge in [-0.15, -0.1) is 10.2 Å². The van der Waals surface area contributed by atoms with Crippen LogP contribution in [0, 0.1) is 12.8 Å². The van der Waals surface area contributed by atoms with Gasteiger partial charge in [-0.05, 0) is 19.3 Å². The van der Waals surface area contributed by atoms with Crippen molar-refractivity contribution in [2.45, 2.75) is 32.3 Å². The highest BCUT2D eigenvalue weighted by Crippen LogP contribution is 2.21. The highest BCUT2D eigenvalue weighted by atomic mass is 32.2. The monoisotopic (exact) mass is 320 g/mol. The molecule has 0 atom stereocenters. The molecule has 0 fully saturated rings. The Morgan fingerprint density at radius 3 is 2.59 bits per heavy atom. The number of nitrogens with zero attached hydrogens (tertiary/aromatic N) is 3. The molecule has 0 aliphatic carbocycles. The number of nitrogen functional groups attached to an aromatic ring is 1. The Labute approximate surface area is 136 Å². The van der Waals surface area contributed by atoms with Crippen molar-refractivity contribution in [1.29, 1.82) is 0 Å². The van der Waals surface area contributed by atoms with Gasteiger partial charge in [-0.25, -0.2) is 4.68 Å². The van der Waals surface area contributed by atoms with Crippen LogP contribution in [0.3, 0.4) is 0 Å². The lowest BCUT2D eigenvalue weighted by atomic mass is 10.1. The van der Waals surface area contributed by atoms with Gasteiger partial charge in [0, 0.05) is 17.9 Å². The molecular weight excluding hydrogens is 296 g/mol. The van der Waals surface area contributed by atoms with E-state index in [0.29, 0.717) is 23.5 Å². The number of thioether (sulfide) groups is 1. The van der Waals surface area contributed by atoms with E-state index in [2.05, 4.69) is 31.0 Å². The third kappa shape index (κ3) is 4.74. The third-order valence-electron chi connectivity index (χ3n) is 3.27.